The first kappa shape index (κ1) is 27.3. The molecule has 1 atom stereocenters. The Morgan fingerprint density at radius 1 is 1.00 bits per heavy atom. The number of ether oxygens (including phenoxy) is 1. The van der Waals surface area contributed by atoms with E-state index in [0.29, 0.717) is 35.8 Å². The number of likely N-dealkylation sites (N-methyl/N-ethyl adjacent to an activating group) is 1. The third kappa shape index (κ3) is 6.78. The molecule has 1 unspecified atom stereocenters. The number of nitrogens with one attached hydrogen (secondary N) is 2. The Balaban J connectivity index is 2.04. The van der Waals surface area contributed by atoms with Crippen LogP contribution in [-0.4, -0.2) is 69.3 Å². The lowest BCUT2D eigenvalue weighted by Crippen LogP contribution is -2.43. The maximum absolute atomic E-state index is 13.0. The second kappa shape index (κ2) is 12.0. The fourth-order valence-corrected chi connectivity index (χ4v) is 5.05. The number of methoxy groups -OCH3 is 1. The van der Waals surface area contributed by atoms with Crippen molar-refractivity contribution in [1.29, 1.82) is 0 Å². The van der Waals surface area contributed by atoms with Crippen LogP contribution in [0.25, 0.3) is 0 Å². The third-order valence-corrected chi connectivity index (χ3v) is 7.78. The highest BCUT2D eigenvalue weighted by Gasteiger charge is 2.25. The largest absolute Gasteiger partial charge is 0.497 e. The van der Waals surface area contributed by atoms with E-state index in [9.17, 15) is 18.0 Å². The molecule has 0 saturated heterocycles. The Morgan fingerprint density at radius 2 is 1.59 bits per heavy atom. The van der Waals surface area contributed by atoms with Gasteiger partial charge in [-0.2, -0.15) is 4.31 Å². The van der Waals surface area contributed by atoms with E-state index in [0.717, 1.165) is 0 Å². The summed E-state index contributed by atoms with van der Waals surface area (Å²) in [5.74, 6) is 0.0645. The first-order valence-electron chi connectivity index (χ1n) is 11.1. The maximum Gasteiger partial charge on any atom is 0.243 e. The molecular formula is C24H34N4O5S. The number of aryl methyl sites for hydroxylation is 1. The zero-order chi connectivity index (χ0) is 25.5. The van der Waals surface area contributed by atoms with Crippen LogP contribution in [-0.2, 0) is 19.6 Å². The van der Waals surface area contributed by atoms with Gasteiger partial charge in [-0.05, 0) is 62.9 Å². The van der Waals surface area contributed by atoms with Gasteiger partial charge in [0.15, 0.2) is 0 Å². The lowest BCUT2D eigenvalue weighted by atomic mass is 10.2. The second-order valence-electron chi connectivity index (χ2n) is 7.93. The molecule has 0 aliphatic heterocycles. The van der Waals surface area contributed by atoms with Crippen molar-refractivity contribution < 1.29 is 22.7 Å². The number of anilines is 2. The number of carbonyl (C=O) groups is 2. The fraction of sp³-hybridized carbons (Fsp3) is 0.417. The Labute approximate surface area is 202 Å². The van der Waals surface area contributed by atoms with Crippen LogP contribution in [0.3, 0.4) is 0 Å². The van der Waals surface area contributed by atoms with E-state index in [-0.39, 0.29) is 23.3 Å². The molecule has 2 amide bonds. The Hall–Kier alpha value is -2.95. The molecule has 0 aliphatic rings. The van der Waals surface area contributed by atoms with Crippen LogP contribution in [0.2, 0.25) is 0 Å². The van der Waals surface area contributed by atoms with Crippen molar-refractivity contribution in [3.63, 3.8) is 0 Å². The Kier molecular flexibility index (Phi) is 9.60. The molecule has 0 aliphatic carbocycles. The summed E-state index contributed by atoms with van der Waals surface area (Å²) in [6, 6.07) is 11.1. The van der Waals surface area contributed by atoms with Gasteiger partial charge in [-0.25, -0.2) is 8.42 Å². The van der Waals surface area contributed by atoms with Crippen LogP contribution in [0, 0.1) is 6.92 Å². The molecule has 2 aromatic rings. The average Bonchev–Trinajstić information content (AvgIpc) is 2.80. The van der Waals surface area contributed by atoms with Crippen molar-refractivity contribution in [1.82, 2.24) is 9.21 Å². The molecular weight excluding hydrogens is 456 g/mol. The molecule has 2 aromatic carbocycles. The molecule has 186 valence electrons. The number of amides is 2. The molecule has 0 spiro atoms. The minimum Gasteiger partial charge on any atom is -0.497 e. The first-order chi connectivity index (χ1) is 16.0. The van der Waals surface area contributed by atoms with Crippen LogP contribution < -0.4 is 15.4 Å². The summed E-state index contributed by atoms with van der Waals surface area (Å²) in [5.41, 5.74) is 1.60. The molecule has 0 radical (unpaired) electrons. The zero-order valence-corrected chi connectivity index (χ0v) is 21.4. The van der Waals surface area contributed by atoms with Gasteiger partial charge in [0.05, 0.1) is 24.6 Å². The number of carbonyl (C=O) groups excluding carboxylic acids is 2. The minimum atomic E-state index is -3.67. The van der Waals surface area contributed by atoms with Gasteiger partial charge in [-0.3, -0.25) is 14.5 Å². The van der Waals surface area contributed by atoms with Crippen molar-refractivity contribution in [2.24, 2.45) is 0 Å². The number of nitrogens with zero attached hydrogens (tertiary/aromatic N) is 2. The first-order valence-corrected chi connectivity index (χ1v) is 12.5. The Morgan fingerprint density at radius 3 is 2.15 bits per heavy atom. The van der Waals surface area contributed by atoms with Gasteiger partial charge >= 0.3 is 0 Å². The number of hydrogen-bond donors (Lipinski definition) is 2. The van der Waals surface area contributed by atoms with Gasteiger partial charge in [0.25, 0.3) is 0 Å². The lowest BCUT2D eigenvalue weighted by molar-refractivity contribution is -0.122. The molecule has 0 fully saturated rings. The van der Waals surface area contributed by atoms with E-state index in [4.69, 9.17) is 4.74 Å². The Bertz CT molecular complexity index is 1100. The highest BCUT2D eigenvalue weighted by Crippen LogP contribution is 2.24. The second-order valence-corrected chi connectivity index (χ2v) is 9.83. The number of sulfonamides is 1. The maximum atomic E-state index is 13.0. The van der Waals surface area contributed by atoms with Crippen LogP contribution in [0.5, 0.6) is 5.75 Å². The summed E-state index contributed by atoms with van der Waals surface area (Å²) in [6.45, 7) is 7.67. The predicted octanol–water partition coefficient (Wildman–Crippen LogP) is 2.93. The lowest BCUT2D eigenvalue weighted by Gasteiger charge is -2.24. The molecule has 0 heterocycles. The van der Waals surface area contributed by atoms with Gasteiger partial charge in [0.1, 0.15) is 5.75 Å². The monoisotopic (exact) mass is 490 g/mol. The molecule has 0 bridgehead atoms. The van der Waals surface area contributed by atoms with Crippen molar-refractivity contribution in [3.05, 3.63) is 48.0 Å². The van der Waals surface area contributed by atoms with Crippen molar-refractivity contribution in [2.45, 2.75) is 38.6 Å². The van der Waals surface area contributed by atoms with E-state index < -0.39 is 16.1 Å². The third-order valence-electron chi connectivity index (χ3n) is 5.59. The molecule has 34 heavy (non-hydrogen) atoms. The van der Waals surface area contributed by atoms with Crippen LogP contribution in [0.1, 0.15) is 26.3 Å². The van der Waals surface area contributed by atoms with Crippen LogP contribution >= 0.6 is 0 Å². The SMILES string of the molecule is CCN(CC)S(=O)(=O)c1cc(NC(=O)C(C)N(C)CC(=O)Nc2ccc(OC)cc2)ccc1C. The summed E-state index contributed by atoms with van der Waals surface area (Å²) in [4.78, 5) is 27.0. The van der Waals surface area contributed by atoms with Crippen molar-refractivity contribution in [3.8, 4) is 5.75 Å². The number of rotatable bonds is 11. The highest BCUT2D eigenvalue weighted by molar-refractivity contribution is 7.89. The fourth-order valence-electron chi connectivity index (χ4n) is 3.34. The summed E-state index contributed by atoms with van der Waals surface area (Å²) >= 11 is 0. The van der Waals surface area contributed by atoms with Gasteiger partial charge in [0.2, 0.25) is 21.8 Å². The highest BCUT2D eigenvalue weighted by atomic mass is 32.2. The topological polar surface area (TPSA) is 108 Å². The molecule has 9 nitrogen and oxygen atoms in total. The predicted molar refractivity (Wildman–Crippen MR) is 134 cm³/mol. The molecule has 0 aromatic heterocycles. The summed E-state index contributed by atoms with van der Waals surface area (Å²) in [7, 11) is -0.430. The number of hydrogen-bond acceptors (Lipinski definition) is 6. The van der Waals surface area contributed by atoms with E-state index in [1.807, 2.05) is 0 Å². The molecule has 10 heteroatoms. The van der Waals surface area contributed by atoms with E-state index in [1.165, 1.54) is 10.4 Å². The van der Waals surface area contributed by atoms with Crippen molar-refractivity contribution in [2.75, 3.05) is 44.4 Å². The van der Waals surface area contributed by atoms with Crippen molar-refractivity contribution >= 4 is 33.2 Å². The quantitative estimate of drug-likeness (QED) is 0.501. The smallest absolute Gasteiger partial charge is 0.243 e. The standard InChI is InChI=1S/C24H34N4O5S/c1-7-28(8-2)34(31,32)22-15-20(10-9-17(22)3)26-24(30)18(4)27(5)16-23(29)25-19-11-13-21(33-6)14-12-19/h9-15,18H,7-8,16H2,1-6H3,(H,25,29)(H,26,30). The number of benzene rings is 2. The van der Waals surface area contributed by atoms with Gasteiger partial charge < -0.3 is 15.4 Å². The van der Waals surface area contributed by atoms with E-state index >= 15 is 0 Å². The minimum absolute atomic E-state index is 0.00387. The normalized spacial score (nSPS) is 12.5. The zero-order valence-electron chi connectivity index (χ0n) is 20.6. The molecule has 0 saturated carbocycles. The summed E-state index contributed by atoms with van der Waals surface area (Å²) in [5, 5.41) is 5.54. The average molecular weight is 491 g/mol. The van der Waals surface area contributed by atoms with Gasteiger partial charge in [0, 0.05) is 24.5 Å². The molecule has 2 rings (SSSR count). The molecule has 2 N–H and O–H groups in total. The van der Waals surface area contributed by atoms with Crippen LogP contribution in [0.15, 0.2) is 47.4 Å². The summed E-state index contributed by atoms with van der Waals surface area (Å²) < 4.78 is 32.4. The van der Waals surface area contributed by atoms with Gasteiger partial charge in [-0.1, -0.05) is 19.9 Å². The van der Waals surface area contributed by atoms with Crippen LogP contribution in [0.4, 0.5) is 11.4 Å². The van der Waals surface area contributed by atoms with Gasteiger partial charge in [-0.15, -0.1) is 0 Å². The van der Waals surface area contributed by atoms with E-state index in [2.05, 4.69) is 10.6 Å². The van der Waals surface area contributed by atoms with E-state index in [1.54, 1.807) is 83.2 Å². The summed E-state index contributed by atoms with van der Waals surface area (Å²) in [6.07, 6.45) is 0.